The second kappa shape index (κ2) is 10.1. The van der Waals surface area contributed by atoms with Gasteiger partial charge in [0.25, 0.3) is 0 Å². The van der Waals surface area contributed by atoms with Crippen LogP contribution in [-0.2, 0) is 16.1 Å². The molecule has 1 aromatic carbocycles. The lowest BCUT2D eigenvalue weighted by Crippen LogP contribution is -2.48. The van der Waals surface area contributed by atoms with Crippen molar-refractivity contribution >= 4 is 34.5 Å². The predicted octanol–water partition coefficient (Wildman–Crippen LogP) is 4.93. The second-order valence-electron chi connectivity index (χ2n) is 8.88. The molecule has 174 valence electrons. The lowest BCUT2D eigenvalue weighted by Gasteiger charge is -2.29. The Hall–Kier alpha value is -2.58. The molecule has 2 amide bonds. The van der Waals surface area contributed by atoms with E-state index in [2.05, 4.69) is 27.4 Å². The monoisotopic (exact) mass is 482 g/mol. The number of carbonyl (C=O) groups is 2. The van der Waals surface area contributed by atoms with Gasteiger partial charge in [-0.2, -0.15) is 0 Å². The zero-order valence-electron chi connectivity index (χ0n) is 19.5. The smallest absolute Gasteiger partial charge is 0.243 e. The molecular weight excluding hydrogens is 452 g/mol. The van der Waals surface area contributed by atoms with E-state index in [1.165, 1.54) is 4.88 Å². The molecule has 0 spiro atoms. The summed E-state index contributed by atoms with van der Waals surface area (Å²) in [5.74, 6) is -0.271. The van der Waals surface area contributed by atoms with Crippen molar-refractivity contribution in [2.24, 2.45) is 5.92 Å². The van der Waals surface area contributed by atoms with Crippen LogP contribution < -0.4 is 5.32 Å². The summed E-state index contributed by atoms with van der Waals surface area (Å²) in [6, 6.07) is 7.78. The van der Waals surface area contributed by atoms with Gasteiger partial charge in [0.05, 0.1) is 32.7 Å². The number of rotatable bonds is 7. The van der Waals surface area contributed by atoms with Crippen molar-refractivity contribution in [2.45, 2.75) is 59.0 Å². The van der Waals surface area contributed by atoms with E-state index in [0.717, 1.165) is 33.9 Å². The van der Waals surface area contributed by atoms with Crippen LogP contribution in [0.2, 0.25) is 0 Å². The molecule has 0 saturated carbocycles. The molecule has 8 heteroatoms. The average molecular weight is 483 g/mol. The van der Waals surface area contributed by atoms with Crippen LogP contribution in [0.5, 0.6) is 0 Å². The Labute approximate surface area is 203 Å². The summed E-state index contributed by atoms with van der Waals surface area (Å²) in [5, 5.41) is 5.97. The lowest BCUT2D eigenvalue weighted by molar-refractivity contribution is -0.140. The number of aryl methyl sites for hydroxylation is 2. The van der Waals surface area contributed by atoms with Crippen molar-refractivity contribution in [1.82, 2.24) is 20.2 Å². The highest BCUT2D eigenvalue weighted by Crippen LogP contribution is 2.31. The third kappa shape index (κ3) is 5.17. The van der Waals surface area contributed by atoms with E-state index < -0.39 is 6.04 Å². The molecule has 0 radical (unpaired) electrons. The lowest BCUT2D eigenvalue weighted by atomic mass is 9.91. The molecule has 3 aromatic rings. The third-order valence-corrected chi connectivity index (χ3v) is 7.92. The van der Waals surface area contributed by atoms with E-state index in [4.69, 9.17) is 0 Å². The predicted molar refractivity (Wildman–Crippen MR) is 133 cm³/mol. The SMILES string of the molecule is Cc1nc(C(C(=O)N2CCCC2C(=O)NCc2ccc(-c3scnc3C)cc2)C(C)C)cs1. The summed E-state index contributed by atoms with van der Waals surface area (Å²) in [4.78, 5) is 38.3. The first-order valence-corrected chi connectivity index (χ1v) is 13.1. The molecule has 1 fully saturated rings. The van der Waals surface area contributed by atoms with Crippen LogP contribution >= 0.6 is 22.7 Å². The van der Waals surface area contributed by atoms with Crippen LogP contribution in [-0.4, -0.2) is 39.3 Å². The van der Waals surface area contributed by atoms with Crippen molar-refractivity contribution in [2.75, 3.05) is 6.54 Å². The van der Waals surface area contributed by atoms with E-state index in [1.807, 2.05) is 50.7 Å². The Balaban J connectivity index is 1.40. The fraction of sp³-hybridized carbons (Fsp3) is 0.440. The summed E-state index contributed by atoms with van der Waals surface area (Å²) in [6.45, 7) is 9.10. The van der Waals surface area contributed by atoms with E-state index >= 15 is 0 Å². The molecule has 1 N–H and O–H groups in total. The zero-order chi connectivity index (χ0) is 23.5. The number of thiazole rings is 2. The minimum Gasteiger partial charge on any atom is -0.350 e. The molecule has 6 nitrogen and oxygen atoms in total. The Bertz CT molecular complexity index is 1120. The molecule has 1 aliphatic rings. The fourth-order valence-corrected chi connectivity index (χ4v) is 5.88. The number of nitrogens with one attached hydrogen (secondary N) is 1. The Morgan fingerprint density at radius 1 is 1.18 bits per heavy atom. The fourth-order valence-electron chi connectivity index (χ4n) is 4.42. The van der Waals surface area contributed by atoms with E-state index in [0.29, 0.717) is 19.5 Å². The van der Waals surface area contributed by atoms with Gasteiger partial charge in [0.15, 0.2) is 0 Å². The molecule has 2 unspecified atom stereocenters. The highest BCUT2D eigenvalue weighted by molar-refractivity contribution is 7.13. The summed E-state index contributed by atoms with van der Waals surface area (Å²) in [6.07, 6.45) is 1.54. The van der Waals surface area contributed by atoms with E-state index in [9.17, 15) is 9.59 Å². The van der Waals surface area contributed by atoms with Gasteiger partial charge in [0.1, 0.15) is 6.04 Å². The molecule has 3 heterocycles. The summed E-state index contributed by atoms with van der Waals surface area (Å²) in [7, 11) is 0. The number of hydrogen-bond acceptors (Lipinski definition) is 6. The maximum atomic E-state index is 13.5. The van der Waals surface area contributed by atoms with Crippen molar-refractivity contribution in [3.8, 4) is 10.4 Å². The van der Waals surface area contributed by atoms with Gasteiger partial charge in [0, 0.05) is 18.5 Å². The molecule has 0 aliphatic carbocycles. The maximum absolute atomic E-state index is 13.5. The Kier molecular flexibility index (Phi) is 7.24. The highest BCUT2D eigenvalue weighted by Gasteiger charge is 2.39. The Morgan fingerprint density at radius 3 is 2.55 bits per heavy atom. The highest BCUT2D eigenvalue weighted by atomic mass is 32.1. The van der Waals surface area contributed by atoms with E-state index in [-0.39, 0.29) is 23.7 Å². The summed E-state index contributed by atoms with van der Waals surface area (Å²) in [5.41, 5.74) is 5.87. The van der Waals surface area contributed by atoms with Gasteiger partial charge in [0.2, 0.25) is 11.8 Å². The van der Waals surface area contributed by atoms with Crippen molar-refractivity contribution in [3.05, 3.63) is 57.1 Å². The molecule has 4 rings (SSSR count). The number of carbonyl (C=O) groups excluding carboxylic acids is 2. The standard InChI is InChI=1S/C25H30N4O2S2/c1-15(2)22(20-13-32-17(4)28-20)25(31)29-11-5-6-21(29)24(30)26-12-18-7-9-19(10-8-18)23-16(3)27-14-33-23/h7-10,13-15,21-22H,5-6,11-12H2,1-4H3,(H,26,30). The normalized spacial score (nSPS) is 16.9. The van der Waals surface area contributed by atoms with Gasteiger partial charge in [-0.05, 0) is 43.7 Å². The van der Waals surface area contributed by atoms with Gasteiger partial charge in [-0.1, -0.05) is 38.1 Å². The minimum absolute atomic E-state index is 0.0113. The van der Waals surface area contributed by atoms with Crippen LogP contribution in [0.4, 0.5) is 0 Å². The first-order valence-electron chi connectivity index (χ1n) is 11.3. The van der Waals surface area contributed by atoms with E-state index in [1.54, 1.807) is 27.6 Å². The number of likely N-dealkylation sites (tertiary alicyclic amines) is 1. The van der Waals surface area contributed by atoms with Crippen LogP contribution in [0.25, 0.3) is 10.4 Å². The number of amides is 2. The summed E-state index contributed by atoms with van der Waals surface area (Å²) < 4.78 is 0. The third-order valence-electron chi connectivity index (χ3n) is 6.16. The topological polar surface area (TPSA) is 75.2 Å². The quantitative estimate of drug-likeness (QED) is 0.518. The van der Waals surface area contributed by atoms with Crippen LogP contribution in [0.15, 0.2) is 35.2 Å². The number of aromatic nitrogens is 2. The molecule has 2 atom stereocenters. The first kappa shape index (κ1) is 23.6. The van der Waals surface area contributed by atoms with Crippen molar-refractivity contribution in [1.29, 1.82) is 0 Å². The number of nitrogens with zero attached hydrogens (tertiary/aromatic N) is 3. The van der Waals surface area contributed by atoms with Gasteiger partial charge < -0.3 is 10.2 Å². The first-order chi connectivity index (χ1) is 15.8. The minimum atomic E-state index is -0.419. The molecule has 2 aromatic heterocycles. The average Bonchev–Trinajstić information content (AvgIpc) is 3.53. The largest absolute Gasteiger partial charge is 0.350 e. The van der Waals surface area contributed by atoms with Crippen molar-refractivity contribution in [3.63, 3.8) is 0 Å². The Morgan fingerprint density at radius 2 is 1.94 bits per heavy atom. The maximum Gasteiger partial charge on any atom is 0.243 e. The number of benzene rings is 1. The van der Waals surface area contributed by atoms with Gasteiger partial charge in [-0.25, -0.2) is 9.97 Å². The van der Waals surface area contributed by atoms with Gasteiger partial charge in [-0.3, -0.25) is 9.59 Å². The molecular formula is C25H30N4O2S2. The summed E-state index contributed by atoms with van der Waals surface area (Å²) >= 11 is 3.19. The molecule has 1 aliphatic heterocycles. The van der Waals surface area contributed by atoms with Gasteiger partial charge >= 0.3 is 0 Å². The molecule has 0 bridgehead atoms. The van der Waals surface area contributed by atoms with Crippen LogP contribution in [0.1, 0.15) is 54.6 Å². The number of hydrogen-bond donors (Lipinski definition) is 1. The molecule has 1 saturated heterocycles. The van der Waals surface area contributed by atoms with Gasteiger partial charge in [-0.15, -0.1) is 22.7 Å². The molecule has 33 heavy (non-hydrogen) atoms. The zero-order valence-corrected chi connectivity index (χ0v) is 21.1. The van der Waals surface area contributed by atoms with Crippen LogP contribution in [0.3, 0.4) is 0 Å². The second-order valence-corrected chi connectivity index (χ2v) is 10.8. The van der Waals surface area contributed by atoms with Crippen molar-refractivity contribution < 1.29 is 9.59 Å². The van der Waals surface area contributed by atoms with Crippen LogP contribution in [0, 0.1) is 19.8 Å².